The summed E-state index contributed by atoms with van der Waals surface area (Å²) in [6.45, 7) is 7.99. The summed E-state index contributed by atoms with van der Waals surface area (Å²) in [5.41, 5.74) is 0. The molecular weight excluding hydrogens is 324 g/mol. The fourth-order valence-corrected chi connectivity index (χ4v) is 1.06. The molecule has 0 fully saturated rings. The Morgan fingerprint density at radius 1 is 0.818 bits per heavy atom. The third-order valence-corrected chi connectivity index (χ3v) is 1.74. The van der Waals surface area contributed by atoms with Crippen LogP contribution in [0.15, 0.2) is 0 Å². The molecule has 0 aliphatic carbocycles. The van der Waals surface area contributed by atoms with Crippen LogP contribution < -0.4 is 10.2 Å². The van der Waals surface area contributed by atoms with Gasteiger partial charge in [-0.25, -0.2) is 0 Å². The van der Waals surface area contributed by atoms with Gasteiger partial charge in [0.25, 0.3) is 0 Å². The van der Waals surface area contributed by atoms with E-state index in [-0.39, 0.29) is 11.6 Å². The Morgan fingerprint density at radius 3 is 1.18 bits per heavy atom. The summed E-state index contributed by atoms with van der Waals surface area (Å²) in [5, 5.41) is 19.5. The van der Waals surface area contributed by atoms with Crippen molar-refractivity contribution in [3.8, 4) is 0 Å². The van der Waals surface area contributed by atoms with Crippen LogP contribution in [-0.2, 0) is 39.6 Å². The average molecular weight is 349 g/mol. The van der Waals surface area contributed by atoms with E-state index in [0.29, 0.717) is 25.7 Å². The average Bonchev–Trinajstić information content (AvgIpc) is 2.26. The predicted octanol–water partition coefficient (Wildman–Crippen LogP) is 0.353. The monoisotopic (exact) mass is 349 g/mol. The Balaban J connectivity index is -0.000000266. The van der Waals surface area contributed by atoms with Gasteiger partial charge in [-0.3, -0.25) is 9.59 Å². The Morgan fingerprint density at radius 2 is 1.05 bits per heavy atom. The summed E-state index contributed by atoms with van der Waals surface area (Å²) in [7, 11) is 0. The van der Waals surface area contributed by atoms with Crippen LogP contribution in [0.3, 0.4) is 0 Å². The van der Waals surface area contributed by atoms with Crippen molar-refractivity contribution in [2.75, 3.05) is 0 Å². The van der Waals surface area contributed by atoms with Gasteiger partial charge >= 0.3 is 38.5 Å². The number of carboxylic acids is 2. The predicted molar refractivity (Wildman–Crippen MR) is 74.2 cm³/mol. The molecule has 0 N–H and O–H groups in total. The second kappa shape index (κ2) is 18.0. The Bertz CT molecular complexity index is 306. The number of hydrogen-bond donors (Lipinski definition) is 0. The van der Waals surface area contributed by atoms with Gasteiger partial charge in [-0.05, 0) is 12.8 Å². The minimum atomic E-state index is -1.28. The number of rotatable bonds is 8. The number of Topliss-reactive ketones (excluding diaryl/α,β-unsaturated/α-hetero) is 2. The van der Waals surface area contributed by atoms with Crippen LogP contribution >= 0.6 is 0 Å². The second-order valence-electron chi connectivity index (χ2n) is 4.83. The van der Waals surface area contributed by atoms with Crippen molar-refractivity contribution in [2.24, 2.45) is 0 Å². The molecule has 0 aromatic heterocycles. The van der Waals surface area contributed by atoms with Crippen molar-refractivity contribution in [1.29, 1.82) is 0 Å². The number of carbonyl (C=O) groups excluding carboxylic acids is 4. The molecule has 0 aromatic rings. The van der Waals surface area contributed by atoms with Crippen LogP contribution in [0.2, 0.25) is 4.22 Å². The van der Waals surface area contributed by atoms with Crippen LogP contribution in [0.25, 0.3) is 0 Å². The Hall–Kier alpha value is -1.01. The van der Waals surface area contributed by atoms with Crippen molar-refractivity contribution < 1.29 is 49.8 Å². The van der Waals surface area contributed by atoms with Gasteiger partial charge < -0.3 is 19.8 Å². The summed E-state index contributed by atoms with van der Waals surface area (Å²) in [6.07, 6.45) is 1.21. The molecule has 0 aliphatic heterocycles. The normalized spacial score (nSPS) is 9.05. The Labute approximate surface area is 144 Å². The van der Waals surface area contributed by atoms with E-state index in [4.69, 9.17) is 0 Å². The molecule has 0 saturated heterocycles. The van der Waals surface area contributed by atoms with Gasteiger partial charge in [0.2, 0.25) is 0 Å². The first-order valence-electron chi connectivity index (χ1n) is 7.20. The summed E-state index contributed by atoms with van der Waals surface area (Å²) in [5.74, 6) is -3.07. The van der Waals surface area contributed by atoms with E-state index < -0.39 is 24.8 Å². The fraction of sp³-hybridized carbons (Fsp3) is 0.733. The summed E-state index contributed by atoms with van der Waals surface area (Å²) >= 11 is 2.17. The van der Waals surface area contributed by atoms with Crippen LogP contribution in [0.4, 0.5) is 0 Å². The van der Waals surface area contributed by atoms with Gasteiger partial charge in [0.05, 0.1) is 0 Å². The zero-order chi connectivity index (χ0) is 18.1. The first-order valence-corrected chi connectivity index (χ1v) is 8.11. The van der Waals surface area contributed by atoms with Gasteiger partial charge in [-0.2, -0.15) is 0 Å². The zero-order valence-corrected chi connectivity index (χ0v) is 15.3. The van der Waals surface area contributed by atoms with E-state index in [1.54, 1.807) is 0 Å². The summed E-state index contributed by atoms with van der Waals surface area (Å²) < 4.78 is 0.833. The van der Waals surface area contributed by atoms with Gasteiger partial charge in [-0.15, -0.1) is 0 Å². The summed E-state index contributed by atoms with van der Waals surface area (Å²) in [6, 6.07) is 0. The van der Waals surface area contributed by atoms with Gasteiger partial charge in [-0.1, -0.05) is 13.8 Å². The van der Waals surface area contributed by atoms with E-state index in [2.05, 4.69) is 34.3 Å². The molecule has 0 heterocycles. The molecule has 0 bridgehead atoms. The maximum absolute atomic E-state index is 10.4. The van der Waals surface area contributed by atoms with Crippen LogP contribution in [0, 0.1) is 0 Å². The fourth-order valence-electron chi connectivity index (χ4n) is 1.06. The molecule has 22 heavy (non-hydrogen) atoms. The first-order chi connectivity index (χ1) is 10.1. The molecule has 6 nitrogen and oxygen atoms in total. The molecule has 0 spiro atoms. The molecule has 0 rings (SSSR count). The topological polar surface area (TPSA) is 114 Å². The van der Waals surface area contributed by atoms with E-state index in [9.17, 15) is 29.4 Å². The van der Waals surface area contributed by atoms with E-state index in [1.165, 1.54) is 0 Å². The molecule has 0 atom stereocenters. The van der Waals surface area contributed by atoms with Crippen LogP contribution in [-0.4, -0.2) is 23.5 Å². The first kappa shape index (κ1) is 25.9. The summed E-state index contributed by atoms with van der Waals surface area (Å²) in [4.78, 5) is 40.4. The second-order valence-corrected chi connectivity index (χ2v) is 6.63. The van der Waals surface area contributed by atoms with Gasteiger partial charge in [0, 0.05) is 37.6 Å². The number of carboxylic acid groups (broad SMARTS) is 2. The molecule has 0 aliphatic rings. The standard InChI is InChI=1S/2C6H10O3.C3H7.Ti/c2*1-2-3-5(7)4-6(8)9;1-3-2;/h2*2-4H2,1H3,(H,8,9);3H,1-2H3;/q;;;+2/p-2. The van der Waals surface area contributed by atoms with Crippen molar-refractivity contribution in [3.05, 3.63) is 0 Å². The number of hydrogen-bond acceptors (Lipinski definition) is 6. The van der Waals surface area contributed by atoms with Crippen molar-refractivity contribution in [2.45, 2.75) is 70.4 Å². The molecule has 0 radical (unpaired) electrons. The third-order valence-electron chi connectivity index (χ3n) is 1.74. The number of carbonyl (C=O) groups is 4. The molecule has 0 amide bonds. The Kier molecular flexibility index (Phi) is 21.3. The zero-order valence-electron chi connectivity index (χ0n) is 13.8. The van der Waals surface area contributed by atoms with Crippen molar-refractivity contribution >= 4 is 23.5 Å². The quantitative estimate of drug-likeness (QED) is 0.461. The number of ketones is 2. The maximum atomic E-state index is 10.4. The molecule has 0 aromatic carbocycles. The van der Waals surface area contributed by atoms with Crippen molar-refractivity contribution in [1.82, 2.24) is 0 Å². The molecule has 0 unspecified atom stereocenters. The van der Waals surface area contributed by atoms with E-state index in [0.717, 1.165) is 4.22 Å². The molecular formula is C15H25O6Ti. The van der Waals surface area contributed by atoms with Gasteiger partial charge in [0.1, 0.15) is 11.6 Å². The van der Waals surface area contributed by atoms with Crippen LogP contribution in [0.1, 0.15) is 66.2 Å². The molecule has 0 saturated carbocycles. The molecule has 125 valence electrons. The van der Waals surface area contributed by atoms with Crippen molar-refractivity contribution in [3.63, 3.8) is 0 Å². The van der Waals surface area contributed by atoms with E-state index in [1.807, 2.05) is 13.8 Å². The molecule has 7 heteroatoms. The minimum absolute atomic E-state index is 0.252. The third kappa shape index (κ3) is 36.4. The van der Waals surface area contributed by atoms with Gasteiger partial charge in [0.15, 0.2) is 0 Å². The SMILES string of the molecule is CCCC(=O)CC(=O)[O-].CCCC(=O)CC(=O)[O-].C[CH](C)[Ti+2]. The van der Waals surface area contributed by atoms with Crippen LogP contribution in [0.5, 0.6) is 0 Å². The van der Waals surface area contributed by atoms with E-state index >= 15 is 0 Å². The number of aliphatic carboxylic acids is 2.